The number of benzene rings is 2. The Labute approximate surface area is 160 Å². The Kier molecular flexibility index (Phi) is 5.39. The topological polar surface area (TPSA) is 87.7 Å². The zero-order chi connectivity index (χ0) is 20.3. The molecule has 1 saturated heterocycles. The van der Waals surface area contributed by atoms with Crippen LogP contribution in [0, 0.1) is 11.7 Å². The van der Waals surface area contributed by atoms with E-state index in [9.17, 15) is 18.8 Å². The van der Waals surface area contributed by atoms with Crippen molar-refractivity contribution in [3.05, 3.63) is 66.1 Å². The minimum atomic E-state index is -1.33. The summed E-state index contributed by atoms with van der Waals surface area (Å²) in [7, 11) is 1.50. The van der Waals surface area contributed by atoms with Crippen molar-refractivity contribution in [3.8, 4) is 5.75 Å². The third-order valence-corrected chi connectivity index (χ3v) is 4.27. The fourth-order valence-corrected chi connectivity index (χ4v) is 2.85. The van der Waals surface area contributed by atoms with Crippen molar-refractivity contribution in [3.63, 3.8) is 0 Å². The molecule has 2 N–H and O–H groups in total. The summed E-state index contributed by atoms with van der Waals surface area (Å²) in [5.41, 5.74) is 0.560. The molecule has 2 aromatic rings. The van der Waals surface area contributed by atoms with Crippen LogP contribution in [-0.2, 0) is 9.59 Å². The second-order valence-corrected chi connectivity index (χ2v) is 5.95. The summed E-state index contributed by atoms with van der Waals surface area (Å²) in [4.78, 5) is 38.6. The summed E-state index contributed by atoms with van der Waals surface area (Å²) in [6.45, 7) is 1.61. The van der Waals surface area contributed by atoms with Crippen LogP contribution in [0.1, 0.15) is 6.92 Å². The summed E-state index contributed by atoms with van der Waals surface area (Å²) < 4.78 is 19.0. The zero-order valence-corrected chi connectivity index (χ0v) is 15.2. The number of allylic oxidation sites excluding steroid dienone is 1. The number of rotatable bonds is 5. The molecule has 0 aromatic heterocycles. The van der Waals surface area contributed by atoms with Crippen LogP contribution in [0.5, 0.6) is 5.75 Å². The SMILES string of the molecule is C/C=C(/Nc1ccccc1F)[C@@H]1C(=O)NC(=O)N(c2ccc(OC)cc2)C1=O. The summed E-state index contributed by atoms with van der Waals surface area (Å²) in [5, 5.41) is 4.95. The van der Waals surface area contributed by atoms with Gasteiger partial charge in [0.2, 0.25) is 5.91 Å². The number of amides is 4. The number of nitrogens with zero attached hydrogens (tertiary/aromatic N) is 1. The molecule has 1 atom stereocenters. The third-order valence-electron chi connectivity index (χ3n) is 4.27. The first kappa shape index (κ1) is 19.1. The minimum absolute atomic E-state index is 0.115. The molecule has 144 valence electrons. The molecule has 0 bridgehead atoms. The van der Waals surface area contributed by atoms with E-state index in [1.807, 2.05) is 0 Å². The highest BCUT2D eigenvalue weighted by molar-refractivity contribution is 6.29. The molecule has 7 nitrogen and oxygen atoms in total. The predicted molar refractivity (Wildman–Crippen MR) is 101 cm³/mol. The van der Waals surface area contributed by atoms with Crippen LogP contribution in [0.3, 0.4) is 0 Å². The number of hydrogen-bond donors (Lipinski definition) is 2. The fraction of sp³-hybridized carbons (Fsp3) is 0.150. The van der Waals surface area contributed by atoms with Gasteiger partial charge >= 0.3 is 6.03 Å². The maximum atomic E-state index is 14.0. The molecule has 3 rings (SSSR count). The molecule has 0 radical (unpaired) electrons. The number of carbonyl (C=O) groups excluding carboxylic acids is 3. The van der Waals surface area contributed by atoms with E-state index >= 15 is 0 Å². The Morgan fingerprint density at radius 1 is 1.14 bits per heavy atom. The largest absolute Gasteiger partial charge is 0.497 e. The molecule has 1 heterocycles. The Morgan fingerprint density at radius 2 is 1.82 bits per heavy atom. The van der Waals surface area contributed by atoms with Crippen molar-refractivity contribution >= 4 is 29.2 Å². The van der Waals surface area contributed by atoms with E-state index in [-0.39, 0.29) is 17.1 Å². The number of nitrogens with one attached hydrogen (secondary N) is 2. The van der Waals surface area contributed by atoms with E-state index in [0.717, 1.165) is 4.90 Å². The van der Waals surface area contributed by atoms with Gasteiger partial charge in [0.15, 0.2) is 5.92 Å². The number of imide groups is 2. The smallest absolute Gasteiger partial charge is 0.335 e. The van der Waals surface area contributed by atoms with E-state index in [1.165, 1.54) is 43.5 Å². The van der Waals surface area contributed by atoms with Gasteiger partial charge in [-0.15, -0.1) is 0 Å². The van der Waals surface area contributed by atoms with Crippen LogP contribution < -0.4 is 20.3 Å². The fourth-order valence-electron chi connectivity index (χ4n) is 2.85. The second-order valence-electron chi connectivity index (χ2n) is 5.95. The standard InChI is InChI=1S/C20H18FN3O4/c1-3-15(22-16-7-5-4-6-14(16)21)17-18(25)23-20(27)24(19(17)26)12-8-10-13(28-2)11-9-12/h3-11,17,22H,1-2H3,(H,23,25,27)/b15-3+/t17-/m1/s1. The average molecular weight is 383 g/mol. The van der Waals surface area contributed by atoms with Crippen LogP contribution in [0.4, 0.5) is 20.6 Å². The van der Waals surface area contributed by atoms with E-state index in [4.69, 9.17) is 4.74 Å². The number of halogens is 1. The first-order chi connectivity index (χ1) is 13.5. The molecule has 1 fully saturated rings. The maximum absolute atomic E-state index is 14.0. The minimum Gasteiger partial charge on any atom is -0.497 e. The van der Waals surface area contributed by atoms with Gasteiger partial charge in [0.05, 0.1) is 18.5 Å². The second kappa shape index (κ2) is 7.91. The van der Waals surface area contributed by atoms with Crippen molar-refractivity contribution in [2.24, 2.45) is 5.92 Å². The molecular weight excluding hydrogens is 365 g/mol. The molecule has 28 heavy (non-hydrogen) atoms. The lowest BCUT2D eigenvalue weighted by Gasteiger charge is -2.31. The van der Waals surface area contributed by atoms with E-state index in [0.29, 0.717) is 5.75 Å². The average Bonchev–Trinajstić information content (AvgIpc) is 2.68. The molecule has 0 aliphatic carbocycles. The zero-order valence-electron chi connectivity index (χ0n) is 15.2. The number of hydrogen-bond acceptors (Lipinski definition) is 5. The third kappa shape index (κ3) is 3.57. The van der Waals surface area contributed by atoms with Gasteiger partial charge in [0.25, 0.3) is 5.91 Å². The summed E-state index contributed by atoms with van der Waals surface area (Å²) in [6, 6.07) is 11.3. The Balaban J connectivity index is 1.93. The van der Waals surface area contributed by atoms with Gasteiger partial charge in [-0.25, -0.2) is 14.1 Å². The van der Waals surface area contributed by atoms with Crippen LogP contribution in [0.25, 0.3) is 0 Å². The first-order valence-corrected chi connectivity index (χ1v) is 8.47. The van der Waals surface area contributed by atoms with Gasteiger partial charge in [0, 0.05) is 5.70 Å². The number of anilines is 2. The Morgan fingerprint density at radius 3 is 2.43 bits per heavy atom. The number of methoxy groups -OCH3 is 1. The van der Waals surface area contributed by atoms with Crippen molar-refractivity contribution < 1.29 is 23.5 Å². The summed E-state index contributed by atoms with van der Waals surface area (Å²) in [5.74, 6) is -2.83. The van der Waals surface area contributed by atoms with Crippen LogP contribution in [-0.4, -0.2) is 25.0 Å². The molecule has 1 aliphatic heterocycles. The van der Waals surface area contributed by atoms with Crippen LogP contribution >= 0.6 is 0 Å². The number of carbonyl (C=O) groups is 3. The van der Waals surface area contributed by atoms with Gasteiger partial charge < -0.3 is 10.1 Å². The Bertz CT molecular complexity index is 956. The van der Waals surface area contributed by atoms with E-state index in [1.54, 1.807) is 25.1 Å². The van der Waals surface area contributed by atoms with Crippen LogP contribution in [0.2, 0.25) is 0 Å². The quantitative estimate of drug-likeness (QED) is 0.775. The van der Waals surface area contributed by atoms with Crippen molar-refractivity contribution in [2.45, 2.75) is 6.92 Å². The molecule has 2 aromatic carbocycles. The molecular formula is C20H18FN3O4. The Hall–Kier alpha value is -3.68. The van der Waals surface area contributed by atoms with E-state index in [2.05, 4.69) is 10.6 Å². The summed E-state index contributed by atoms with van der Waals surface area (Å²) >= 11 is 0. The molecule has 4 amide bonds. The monoisotopic (exact) mass is 383 g/mol. The number of ether oxygens (including phenoxy) is 1. The lowest BCUT2D eigenvalue weighted by molar-refractivity contribution is -0.132. The van der Waals surface area contributed by atoms with Crippen molar-refractivity contribution in [1.82, 2.24) is 5.32 Å². The predicted octanol–water partition coefficient (Wildman–Crippen LogP) is 3.05. The molecule has 0 saturated carbocycles. The maximum Gasteiger partial charge on any atom is 0.335 e. The van der Waals surface area contributed by atoms with Gasteiger partial charge in [-0.2, -0.15) is 0 Å². The molecule has 0 unspecified atom stereocenters. The van der Waals surface area contributed by atoms with Gasteiger partial charge in [-0.05, 0) is 43.3 Å². The highest BCUT2D eigenvalue weighted by Crippen LogP contribution is 2.27. The highest BCUT2D eigenvalue weighted by Gasteiger charge is 2.43. The lowest BCUT2D eigenvalue weighted by Crippen LogP contribution is -2.59. The molecule has 0 spiro atoms. The van der Waals surface area contributed by atoms with Gasteiger partial charge in [-0.1, -0.05) is 18.2 Å². The highest BCUT2D eigenvalue weighted by atomic mass is 19.1. The van der Waals surface area contributed by atoms with Crippen molar-refractivity contribution in [2.75, 3.05) is 17.3 Å². The van der Waals surface area contributed by atoms with Gasteiger partial charge in [-0.3, -0.25) is 14.9 Å². The lowest BCUT2D eigenvalue weighted by atomic mass is 9.99. The first-order valence-electron chi connectivity index (χ1n) is 8.47. The number of barbiturate groups is 1. The number of para-hydroxylation sites is 1. The van der Waals surface area contributed by atoms with Crippen LogP contribution in [0.15, 0.2) is 60.3 Å². The van der Waals surface area contributed by atoms with E-state index < -0.39 is 29.6 Å². The number of urea groups is 1. The van der Waals surface area contributed by atoms with Gasteiger partial charge in [0.1, 0.15) is 11.6 Å². The van der Waals surface area contributed by atoms with Crippen molar-refractivity contribution in [1.29, 1.82) is 0 Å². The normalized spacial score (nSPS) is 17.4. The molecule has 1 aliphatic rings. The molecule has 8 heteroatoms. The summed E-state index contributed by atoms with van der Waals surface area (Å²) in [6.07, 6.45) is 1.50.